The molecule has 5 nitrogen and oxygen atoms in total. The highest BCUT2D eigenvalue weighted by Gasteiger charge is 2.36. The molecule has 2 aromatic heterocycles. The van der Waals surface area contributed by atoms with Gasteiger partial charge in [-0.2, -0.15) is 0 Å². The predicted molar refractivity (Wildman–Crippen MR) is 111 cm³/mol. The molecular weight excluding hydrogens is 356 g/mol. The van der Waals surface area contributed by atoms with Gasteiger partial charge in [0.2, 0.25) is 5.78 Å². The fourth-order valence-electron chi connectivity index (χ4n) is 3.91. The highest BCUT2D eigenvalue weighted by Crippen LogP contribution is 2.40. The molecule has 0 unspecified atom stereocenters. The van der Waals surface area contributed by atoms with Crippen molar-refractivity contribution >= 4 is 17.5 Å². The van der Waals surface area contributed by atoms with E-state index in [1.54, 1.807) is 20.8 Å². The number of allylic oxidation sites excluding steroid dienone is 1. The number of hydrogen-bond donors (Lipinski definition) is 0. The average molecular weight is 381 g/mol. The Hall–Kier alpha value is -2.34. The van der Waals surface area contributed by atoms with Crippen molar-refractivity contribution in [2.45, 2.75) is 51.2 Å². The number of thioether (sulfide) groups is 1. The van der Waals surface area contributed by atoms with Gasteiger partial charge in [-0.25, -0.2) is 14.1 Å². The molecule has 0 spiro atoms. The smallest absolute Gasteiger partial charge is 0.265 e. The average Bonchev–Trinajstić information content (AvgIpc) is 2.91. The SMILES string of the molecule is C=C(C)Cn1nc(SCC)n2c(=O)c3c(nc12)-c1ccccc1CC3(C)C. The lowest BCUT2D eigenvalue weighted by atomic mass is 9.72. The number of rotatable bonds is 4. The third-order valence-electron chi connectivity index (χ3n) is 4.97. The third kappa shape index (κ3) is 2.83. The molecule has 0 bridgehead atoms. The van der Waals surface area contributed by atoms with E-state index < -0.39 is 0 Å². The molecule has 0 saturated heterocycles. The summed E-state index contributed by atoms with van der Waals surface area (Å²) in [5.74, 6) is 1.43. The topological polar surface area (TPSA) is 52.2 Å². The zero-order chi connectivity index (χ0) is 19.3. The van der Waals surface area contributed by atoms with Crippen LogP contribution in [0.15, 0.2) is 46.4 Å². The first-order valence-electron chi connectivity index (χ1n) is 9.23. The Kier molecular flexibility index (Phi) is 4.26. The van der Waals surface area contributed by atoms with Crippen molar-refractivity contribution in [1.82, 2.24) is 19.2 Å². The molecule has 2 heterocycles. The van der Waals surface area contributed by atoms with E-state index in [-0.39, 0.29) is 11.0 Å². The lowest BCUT2D eigenvalue weighted by Gasteiger charge is -2.32. The number of benzene rings is 1. The van der Waals surface area contributed by atoms with Crippen LogP contribution in [0, 0.1) is 0 Å². The van der Waals surface area contributed by atoms with Crippen molar-refractivity contribution in [3.8, 4) is 11.3 Å². The zero-order valence-corrected chi connectivity index (χ0v) is 17.1. The van der Waals surface area contributed by atoms with Gasteiger partial charge in [-0.3, -0.25) is 4.79 Å². The van der Waals surface area contributed by atoms with E-state index in [0.717, 1.165) is 34.6 Å². The molecule has 27 heavy (non-hydrogen) atoms. The van der Waals surface area contributed by atoms with E-state index >= 15 is 0 Å². The molecule has 0 atom stereocenters. The minimum absolute atomic E-state index is 0.00146. The van der Waals surface area contributed by atoms with Gasteiger partial charge in [0.1, 0.15) is 0 Å². The standard InChI is InChI=1S/C21H24N4OS/c1-6-27-20-23-24(12-13(2)3)19-22-17-15-10-8-7-9-14(15)11-21(4,5)16(17)18(26)25(19)20/h7-10H,2,6,11-12H2,1,3-5H3. The van der Waals surface area contributed by atoms with Gasteiger partial charge in [0.05, 0.1) is 17.8 Å². The minimum Gasteiger partial charge on any atom is -0.268 e. The summed E-state index contributed by atoms with van der Waals surface area (Å²) in [6, 6.07) is 8.25. The molecule has 0 amide bonds. The van der Waals surface area contributed by atoms with Crippen molar-refractivity contribution in [3.05, 3.63) is 57.9 Å². The first-order valence-corrected chi connectivity index (χ1v) is 10.2. The van der Waals surface area contributed by atoms with Gasteiger partial charge in [-0.1, -0.05) is 69.0 Å². The van der Waals surface area contributed by atoms with Crippen LogP contribution in [0.2, 0.25) is 0 Å². The Bertz CT molecular complexity index is 1120. The van der Waals surface area contributed by atoms with Crippen molar-refractivity contribution < 1.29 is 0 Å². The van der Waals surface area contributed by atoms with E-state index in [2.05, 4.69) is 44.6 Å². The van der Waals surface area contributed by atoms with Crippen LogP contribution < -0.4 is 5.56 Å². The molecular formula is C21H24N4OS. The molecule has 1 aliphatic rings. The Morgan fingerprint density at radius 3 is 2.78 bits per heavy atom. The Morgan fingerprint density at radius 1 is 1.33 bits per heavy atom. The van der Waals surface area contributed by atoms with Crippen molar-refractivity contribution in [2.24, 2.45) is 0 Å². The van der Waals surface area contributed by atoms with Crippen LogP contribution in [0.25, 0.3) is 17.0 Å². The van der Waals surface area contributed by atoms with Crippen LogP contribution in [0.3, 0.4) is 0 Å². The largest absolute Gasteiger partial charge is 0.268 e. The monoisotopic (exact) mass is 380 g/mol. The van der Waals surface area contributed by atoms with Gasteiger partial charge in [-0.05, 0) is 24.7 Å². The lowest BCUT2D eigenvalue weighted by molar-refractivity contribution is 0.505. The first-order chi connectivity index (χ1) is 12.8. The van der Waals surface area contributed by atoms with E-state index in [4.69, 9.17) is 4.98 Å². The molecule has 140 valence electrons. The molecule has 0 aliphatic heterocycles. The molecule has 0 saturated carbocycles. The maximum Gasteiger partial charge on any atom is 0.265 e. The van der Waals surface area contributed by atoms with Gasteiger partial charge in [0, 0.05) is 11.0 Å². The van der Waals surface area contributed by atoms with Crippen molar-refractivity contribution in [1.29, 1.82) is 0 Å². The maximum atomic E-state index is 13.6. The van der Waals surface area contributed by atoms with Crippen LogP contribution in [0.5, 0.6) is 0 Å². The van der Waals surface area contributed by atoms with Crippen LogP contribution in [0.4, 0.5) is 0 Å². The van der Waals surface area contributed by atoms with Crippen molar-refractivity contribution in [3.63, 3.8) is 0 Å². The second-order valence-corrected chi connectivity index (χ2v) is 9.06. The second-order valence-electron chi connectivity index (χ2n) is 7.82. The van der Waals surface area contributed by atoms with E-state index in [1.807, 2.05) is 19.1 Å². The zero-order valence-electron chi connectivity index (χ0n) is 16.2. The second kappa shape index (κ2) is 6.37. The highest BCUT2D eigenvalue weighted by atomic mass is 32.2. The molecule has 0 fully saturated rings. The van der Waals surface area contributed by atoms with E-state index in [9.17, 15) is 4.79 Å². The Balaban J connectivity index is 2.12. The van der Waals surface area contributed by atoms with Gasteiger partial charge >= 0.3 is 0 Å². The van der Waals surface area contributed by atoms with Crippen LogP contribution >= 0.6 is 11.8 Å². The molecule has 3 aromatic rings. The molecule has 1 aromatic carbocycles. The summed E-state index contributed by atoms with van der Waals surface area (Å²) in [4.78, 5) is 18.6. The molecule has 0 radical (unpaired) electrons. The van der Waals surface area contributed by atoms with E-state index in [0.29, 0.717) is 17.5 Å². The summed E-state index contributed by atoms with van der Waals surface area (Å²) in [5.41, 5.74) is 4.56. The van der Waals surface area contributed by atoms with Crippen LogP contribution in [0.1, 0.15) is 38.8 Å². The summed E-state index contributed by atoms with van der Waals surface area (Å²) in [5, 5.41) is 5.37. The van der Waals surface area contributed by atoms with Gasteiger partial charge in [0.25, 0.3) is 5.56 Å². The third-order valence-corrected chi connectivity index (χ3v) is 5.78. The quantitative estimate of drug-likeness (QED) is 0.505. The first kappa shape index (κ1) is 18.0. The van der Waals surface area contributed by atoms with Crippen LogP contribution in [-0.2, 0) is 18.4 Å². The summed E-state index contributed by atoms with van der Waals surface area (Å²) >= 11 is 1.56. The van der Waals surface area contributed by atoms with Gasteiger partial charge in [-0.15, -0.1) is 5.10 Å². The van der Waals surface area contributed by atoms with Gasteiger partial charge < -0.3 is 0 Å². The fraction of sp³-hybridized carbons (Fsp3) is 0.381. The van der Waals surface area contributed by atoms with Gasteiger partial charge in [0.15, 0.2) is 5.16 Å². The summed E-state index contributed by atoms with van der Waals surface area (Å²) in [6.45, 7) is 12.8. The molecule has 4 rings (SSSR count). The number of nitrogens with zero attached hydrogens (tertiary/aromatic N) is 4. The molecule has 6 heteroatoms. The van der Waals surface area contributed by atoms with Crippen molar-refractivity contribution in [2.75, 3.05) is 5.75 Å². The van der Waals surface area contributed by atoms with Crippen LogP contribution in [-0.4, -0.2) is 24.9 Å². The fourth-order valence-corrected chi connectivity index (χ4v) is 4.62. The predicted octanol–water partition coefficient (Wildman–Crippen LogP) is 4.08. The maximum absolute atomic E-state index is 13.6. The summed E-state index contributed by atoms with van der Waals surface area (Å²) < 4.78 is 3.48. The number of aromatic nitrogens is 4. The Morgan fingerprint density at radius 2 is 2.07 bits per heavy atom. The summed E-state index contributed by atoms with van der Waals surface area (Å²) in [7, 11) is 0. The summed E-state index contributed by atoms with van der Waals surface area (Å²) in [6.07, 6.45) is 0.829. The lowest BCUT2D eigenvalue weighted by Crippen LogP contribution is -2.36. The molecule has 0 N–H and O–H groups in total. The highest BCUT2D eigenvalue weighted by molar-refractivity contribution is 7.99. The normalized spacial score (nSPS) is 14.8. The van der Waals surface area contributed by atoms with E-state index in [1.165, 1.54) is 5.56 Å². The minimum atomic E-state index is -0.278. The number of hydrogen-bond acceptors (Lipinski definition) is 4. The Labute approximate surface area is 163 Å². The molecule has 1 aliphatic carbocycles. The number of fused-ring (bicyclic) bond motifs is 4.